The summed E-state index contributed by atoms with van der Waals surface area (Å²) in [5, 5.41) is 13.2. The fourth-order valence-electron chi connectivity index (χ4n) is 3.24. The van der Waals surface area contributed by atoms with Crippen LogP contribution in [0.3, 0.4) is 0 Å². The number of benzene rings is 1. The number of aromatic hydroxyl groups is 1. The van der Waals surface area contributed by atoms with Crippen LogP contribution in [0.4, 0.5) is 9.39 Å². The maximum atomic E-state index is 13.0. The van der Waals surface area contributed by atoms with Crippen LogP contribution in [0.25, 0.3) is 0 Å². The summed E-state index contributed by atoms with van der Waals surface area (Å²) in [6.07, 6.45) is 0.764. The summed E-state index contributed by atoms with van der Waals surface area (Å²) < 4.78 is 19.2. The second-order valence-electron chi connectivity index (χ2n) is 7.13. The monoisotopic (exact) mass is 349 g/mol. The van der Waals surface area contributed by atoms with Gasteiger partial charge in [-0.25, -0.2) is 4.39 Å². The van der Waals surface area contributed by atoms with Crippen molar-refractivity contribution in [3.8, 4) is 5.75 Å². The number of fused-ring (bicyclic) bond motifs is 1. The first kappa shape index (κ1) is 16.9. The van der Waals surface area contributed by atoms with Crippen LogP contribution in [0, 0.1) is 5.82 Å². The van der Waals surface area contributed by atoms with Crippen molar-refractivity contribution in [1.82, 2.24) is 0 Å². The Kier molecular flexibility index (Phi) is 3.92. The number of halogens is 1. The minimum absolute atomic E-state index is 0.0404. The van der Waals surface area contributed by atoms with Crippen molar-refractivity contribution < 1.29 is 19.0 Å². The third-order valence-electron chi connectivity index (χ3n) is 3.94. The van der Waals surface area contributed by atoms with Crippen LogP contribution in [0.5, 0.6) is 5.75 Å². The Morgan fingerprint density at radius 3 is 2.67 bits per heavy atom. The molecule has 0 spiro atoms. The lowest BCUT2D eigenvalue weighted by Crippen LogP contribution is -2.41. The number of phenols is 1. The van der Waals surface area contributed by atoms with E-state index in [1.54, 1.807) is 0 Å². The molecule has 3 rings (SSSR count). The number of thiophene rings is 1. The summed E-state index contributed by atoms with van der Waals surface area (Å²) in [6, 6.07) is 5.29. The standard InChI is InChI=1S/C18H20FNO3S/c1-17(2)9-10-7-14(24-15(10)18(3,4)23-17)20-16(22)12-6-5-11(19)8-13(12)21/h5-8,21H,9H2,1-4H3,(H,20,22). The largest absolute Gasteiger partial charge is 0.507 e. The third kappa shape index (κ3) is 3.16. The van der Waals surface area contributed by atoms with Gasteiger partial charge < -0.3 is 15.2 Å². The van der Waals surface area contributed by atoms with Gasteiger partial charge in [0.15, 0.2) is 0 Å². The summed E-state index contributed by atoms with van der Waals surface area (Å²) in [5.74, 6) is -1.43. The van der Waals surface area contributed by atoms with Gasteiger partial charge in [-0.15, -0.1) is 11.3 Å². The molecule has 1 aromatic carbocycles. The topological polar surface area (TPSA) is 58.6 Å². The van der Waals surface area contributed by atoms with Gasteiger partial charge in [-0.1, -0.05) is 0 Å². The van der Waals surface area contributed by atoms with Gasteiger partial charge in [0.05, 0.1) is 21.8 Å². The second kappa shape index (κ2) is 5.57. The van der Waals surface area contributed by atoms with Crippen molar-refractivity contribution >= 4 is 22.2 Å². The van der Waals surface area contributed by atoms with Gasteiger partial charge in [0, 0.05) is 17.4 Å². The Bertz CT molecular complexity index is 811. The number of ether oxygens (including phenoxy) is 1. The molecule has 0 saturated carbocycles. The van der Waals surface area contributed by atoms with Crippen LogP contribution in [-0.2, 0) is 16.8 Å². The molecule has 0 aliphatic carbocycles. The Morgan fingerprint density at radius 1 is 1.29 bits per heavy atom. The minimum Gasteiger partial charge on any atom is -0.507 e. The predicted octanol–water partition coefficient (Wildman–Crippen LogP) is 4.43. The van der Waals surface area contributed by atoms with Crippen molar-refractivity contribution in [1.29, 1.82) is 0 Å². The van der Waals surface area contributed by atoms with Crippen LogP contribution in [0.2, 0.25) is 0 Å². The molecule has 0 fully saturated rings. The number of rotatable bonds is 2. The molecule has 24 heavy (non-hydrogen) atoms. The van der Waals surface area contributed by atoms with E-state index in [-0.39, 0.29) is 16.9 Å². The normalized spacial score (nSPS) is 18.0. The Morgan fingerprint density at radius 2 is 2.00 bits per heavy atom. The van der Waals surface area contributed by atoms with E-state index in [1.807, 2.05) is 33.8 Å². The van der Waals surface area contributed by atoms with Gasteiger partial charge in [0.1, 0.15) is 11.6 Å². The highest BCUT2D eigenvalue weighted by Gasteiger charge is 2.39. The number of carbonyl (C=O) groups excluding carboxylic acids is 1. The number of phenolic OH excluding ortho intramolecular Hbond substituents is 1. The lowest BCUT2D eigenvalue weighted by Gasteiger charge is -2.41. The van der Waals surface area contributed by atoms with E-state index in [4.69, 9.17) is 4.74 Å². The van der Waals surface area contributed by atoms with Gasteiger partial charge in [0.2, 0.25) is 0 Å². The van der Waals surface area contributed by atoms with E-state index in [9.17, 15) is 14.3 Å². The first-order valence-electron chi connectivity index (χ1n) is 7.71. The van der Waals surface area contributed by atoms with E-state index in [0.29, 0.717) is 5.00 Å². The van der Waals surface area contributed by atoms with E-state index in [1.165, 1.54) is 17.4 Å². The van der Waals surface area contributed by atoms with Crippen molar-refractivity contribution in [3.63, 3.8) is 0 Å². The van der Waals surface area contributed by atoms with Crippen molar-refractivity contribution in [2.24, 2.45) is 0 Å². The van der Waals surface area contributed by atoms with Crippen molar-refractivity contribution in [3.05, 3.63) is 46.1 Å². The molecule has 1 amide bonds. The maximum absolute atomic E-state index is 13.0. The zero-order valence-electron chi connectivity index (χ0n) is 14.1. The second-order valence-corrected chi connectivity index (χ2v) is 8.18. The highest BCUT2D eigenvalue weighted by atomic mass is 32.1. The summed E-state index contributed by atoms with van der Waals surface area (Å²) >= 11 is 1.46. The van der Waals surface area contributed by atoms with Crippen LogP contribution in [0.1, 0.15) is 48.5 Å². The molecular formula is C18H20FNO3S. The summed E-state index contributed by atoms with van der Waals surface area (Å²) in [5.41, 5.74) is 0.495. The third-order valence-corrected chi connectivity index (χ3v) is 5.34. The quantitative estimate of drug-likeness (QED) is 0.843. The SMILES string of the molecule is CC1(C)Cc2cc(NC(=O)c3ccc(F)cc3O)sc2C(C)(C)O1. The molecule has 0 atom stereocenters. The minimum atomic E-state index is -0.586. The molecule has 1 aromatic heterocycles. The van der Waals surface area contributed by atoms with Crippen molar-refractivity contribution in [2.75, 3.05) is 5.32 Å². The number of carbonyl (C=O) groups is 1. The highest BCUT2D eigenvalue weighted by molar-refractivity contribution is 7.16. The smallest absolute Gasteiger partial charge is 0.260 e. The first-order chi connectivity index (χ1) is 11.1. The fraction of sp³-hybridized carbons (Fsp3) is 0.389. The molecule has 4 nitrogen and oxygen atoms in total. The van der Waals surface area contributed by atoms with Gasteiger partial charge in [0.25, 0.3) is 5.91 Å². The Balaban J connectivity index is 1.87. The molecule has 128 valence electrons. The van der Waals surface area contributed by atoms with Crippen LogP contribution in [-0.4, -0.2) is 16.6 Å². The maximum Gasteiger partial charge on any atom is 0.260 e. The number of hydrogen-bond acceptors (Lipinski definition) is 4. The average Bonchev–Trinajstić information content (AvgIpc) is 2.79. The lowest BCUT2D eigenvalue weighted by molar-refractivity contribution is -0.135. The van der Waals surface area contributed by atoms with E-state index in [0.717, 1.165) is 29.0 Å². The molecule has 1 aliphatic rings. The number of amides is 1. The van der Waals surface area contributed by atoms with Crippen molar-refractivity contribution in [2.45, 2.75) is 45.3 Å². The fourth-order valence-corrected chi connectivity index (χ4v) is 4.35. The number of hydrogen-bond donors (Lipinski definition) is 2. The molecule has 0 radical (unpaired) electrons. The molecule has 0 bridgehead atoms. The van der Waals surface area contributed by atoms with Gasteiger partial charge in [-0.2, -0.15) is 0 Å². The van der Waals surface area contributed by atoms with E-state index >= 15 is 0 Å². The van der Waals surface area contributed by atoms with Gasteiger partial charge in [-0.05, 0) is 51.5 Å². The molecule has 6 heteroatoms. The van der Waals surface area contributed by atoms with Crippen LogP contribution in [0.15, 0.2) is 24.3 Å². The number of anilines is 1. The summed E-state index contributed by atoms with van der Waals surface area (Å²) in [7, 11) is 0. The summed E-state index contributed by atoms with van der Waals surface area (Å²) in [4.78, 5) is 13.4. The lowest BCUT2D eigenvalue weighted by atomic mass is 9.89. The number of nitrogens with one attached hydrogen (secondary N) is 1. The predicted molar refractivity (Wildman–Crippen MR) is 92.2 cm³/mol. The average molecular weight is 349 g/mol. The summed E-state index contributed by atoms with van der Waals surface area (Å²) in [6.45, 7) is 8.12. The Labute approximate surface area is 144 Å². The molecule has 1 aliphatic heterocycles. The molecule has 2 N–H and O–H groups in total. The van der Waals surface area contributed by atoms with E-state index in [2.05, 4.69) is 5.32 Å². The first-order valence-corrected chi connectivity index (χ1v) is 8.52. The molecule has 0 saturated heterocycles. The molecular weight excluding hydrogens is 329 g/mol. The zero-order valence-corrected chi connectivity index (χ0v) is 14.9. The Hall–Kier alpha value is -1.92. The molecule has 2 aromatic rings. The van der Waals surface area contributed by atoms with E-state index < -0.39 is 17.3 Å². The molecule has 0 unspecified atom stereocenters. The van der Waals surface area contributed by atoms with Crippen LogP contribution >= 0.6 is 11.3 Å². The zero-order chi connectivity index (χ0) is 17.7. The highest BCUT2D eigenvalue weighted by Crippen LogP contribution is 2.45. The van der Waals surface area contributed by atoms with Gasteiger partial charge in [-0.3, -0.25) is 4.79 Å². The van der Waals surface area contributed by atoms with Crippen LogP contribution < -0.4 is 5.32 Å². The molecule has 2 heterocycles. The van der Waals surface area contributed by atoms with Gasteiger partial charge >= 0.3 is 0 Å².